The Kier molecular flexibility index (Phi) is 4.63. The van der Waals surface area contributed by atoms with Gasteiger partial charge < -0.3 is 10.6 Å². The van der Waals surface area contributed by atoms with E-state index in [1.54, 1.807) is 18.3 Å². The molecule has 0 aliphatic heterocycles. The number of rotatable bonds is 5. The van der Waals surface area contributed by atoms with E-state index < -0.39 is 0 Å². The molecule has 0 saturated heterocycles. The second-order valence-corrected chi connectivity index (χ2v) is 5.21. The average Bonchev–Trinajstić information content (AvgIpc) is 2.60. The Hall–Kier alpha value is -3.46. The molecule has 6 nitrogen and oxygen atoms in total. The molecule has 0 amide bonds. The van der Waals surface area contributed by atoms with Crippen LogP contribution in [0, 0.1) is 18.3 Å². The lowest BCUT2D eigenvalue weighted by molar-refractivity contribution is 0.991. The molecule has 0 saturated carbocycles. The van der Waals surface area contributed by atoms with E-state index in [1.807, 2.05) is 43.3 Å². The van der Waals surface area contributed by atoms with Gasteiger partial charge in [-0.1, -0.05) is 12.1 Å². The summed E-state index contributed by atoms with van der Waals surface area (Å²) in [7, 11) is 0. The van der Waals surface area contributed by atoms with Crippen LogP contribution in [0.3, 0.4) is 0 Å². The van der Waals surface area contributed by atoms with Gasteiger partial charge in [0.15, 0.2) is 0 Å². The summed E-state index contributed by atoms with van der Waals surface area (Å²) in [4.78, 5) is 13.1. The first kappa shape index (κ1) is 15.4. The average molecular weight is 316 g/mol. The first-order chi connectivity index (χ1) is 11.7. The van der Waals surface area contributed by atoms with E-state index in [0.29, 0.717) is 23.9 Å². The fraction of sp³-hybridized carbons (Fsp3) is 0.111. The van der Waals surface area contributed by atoms with E-state index >= 15 is 0 Å². The van der Waals surface area contributed by atoms with Crippen LogP contribution in [0.1, 0.15) is 17.0 Å². The molecule has 118 valence electrons. The molecular formula is C18H16N6. The number of hydrogen-bond donors (Lipinski definition) is 2. The van der Waals surface area contributed by atoms with Crippen LogP contribution in [0.25, 0.3) is 0 Å². The number of nitrogens with one attached hydrogen (secondary N) is 2. The minimum absolute atomic E-state index is 0.527. The fourth-order valence-electron chi connectivity index (χ4n) is 2.20. The summed E-state index contributed by atoms with van der Waals surface area (Å²) in [6, 6.07) is 17.0. The SMILES string of the molecule is Cc1cc(Nc2cccc(C#N)c2)nc(NCc2ccccn2)n1. The van der Waals surface area contributed by atoms with Crippen molar-refractivity contribution in [1.82, 2.24) is 15.0 Å². The highest BCUT2D eigenvalue weighted by atomic mass is 15.1. The molecule has 3 aromatic rings. The summed E-state index contributed by atoms with van der Waals surface area (Å²) in [5.41, 5.74) is 3.16. The largest absolute Gasteiger partial charge is 0.349 e. The molecule has 0 spiro atoms. The van der Waals surface area contributed by atoms with Crippen molar-refractivity contribution in [2.24, 2.45) is 0 Å². The van der Waals surface area contributed by atoms with Gasteiger partial charge in [-0.15, -0.1) is 0 Å². The van der Waals surface area contributed by atoms with Gasteiger partial charge >= 0.3 is 0 Å². The van der Waals surface area contributed by atoms with Gasteiger partial charge in [-0.05, 0) is 37.3 Å². The van der Waals surface area contributed by atoms with E-state index in [1.165, 1.54) is 0 Å². The molecule has 1 aromatic carbocycles. The van der Waals surface area contributed by atoms with E-state index in [2.05, 4.69) is 31.7 Å². The molecular weight excluding hydrogens is 300 g/mol. The van der Waals surface area contributed by atoms with Gasteiger partial charge in [0, 0.05) is 23.6 Å². The molecule has 0 aliphatic rings. The van der Waals surface area contributed by atoms with Crippen LogP contribution in [0.2, 0.25) is 0 Å². The smallest absolute Gasteiger partial charge is 0.225 e. The number of nitriles is 1. The maximum Gasteiger partial charge on any atom is 0.225 e. The van der Waals surface area contributed by atoms with Crippen molar-refractivity contribution in [3.05, 3.63) is 71.7 Å². The van der Waals surface area contributed by atoms with Crippen molar-refractivity contribution in [3.8, 4) is 6.07 Å². The third-order valence-corrected chi connectivity index (χ3v) is 3.27. The second kappa shape index (κ2) is 7.20. The van der Waals surface area contributed by atoms with Crippen molar-refractivity contribution in [1.29, 1.82) is 5.26 Å². The molecule has 0 atom stereocenters. The molecule has 2 heterocycles. The van der Waals surface area contributed by atoms with Gasteiger partial charge in [-0.3, -0.25) is 4.98 Å². The molecule has 0 bridgehead atoms. The lowest BCUT2D eigenvalue weighted by Crippen LogP contribution is -2.07. The first-order valence-electron chi connectivity index (χ1n) is 7.49. The summed E-state index contributed by atoms with van der Waals surface area (Å²) >= 11 is 0. The highest BCUT2D eigenvalue weighted by Crippen LogP contribution is 2.18. The molecule has 3 rings (SSSR count). The zero-order valence-electron chi connectivity index (χ0n) is 13.2. The van der Waals surface area contributed by atoms with Crippen LogP contribution in [-0.2, 0) is 6.54 Å². The Morgan fingerprint density at radius 2 is 2.00 bits per heavy atom. The molecule has 0 fully saturated rings. The highest BCUT2D eigenvalue weighted by molar-refractivity contribution is 5.59. The number of aromatic nitrogens is 3. The predicted octanol–water partition coefficient (Wildman–Crippen LogP) is 3.41. The minimum Gasteiger partial charge on any atom is -0.349 e. The van der Waals surface area contributed by atoms with Gasteiger partial charge in [-0.2, -0.15) is 10.2 Å². The van der Waals surface area contributed by atoms with E-state index in [9.17, 15) is 0 Å². The summed E-state index contributed by atoms with van der Waals surface area (Å²) in [6.07, 6.45) is 1.75. The maximum absolute atomic E-state index is 8.98. The number of benzene rings is 1. The minimum atomic E-state index is 0.527. The van der Waals surface area contributed by atoms with Gasteiger partial charge in [0.05, 0.1) is 23.9 Å². The van der Waals surface area contributed by atoms with Crippen molar-refractivity contribution in [2.45, 2.75) is 13.5 Å². The van der Waals surface area contributed by atoms with Crippen molar-refractivity contribution < 1.29 is 0 Å². The van der Waals surface area contributed by atoms with Gasteiger partial charge in [-0.25, -0.2) is 4.98 Å². The van der Waals surface area contributed by atoms with E-state index in [-0.39, 0.29) is 0 Å². The van der Waals surface area contributed by atoms with Crippen molar-refractivity contribution in [2.75, 3.05) is 10.6 Å². The summed E-state index contributed by atoms with van der Waals surface area (Å²) < 4.78 is 0. The Morgan fingerprint density at radius 3 is 2.79 bits per heavy atom. The fourth-order valence-corrected chi connectivity index (χ4v) is 2.20. The number of anilines is 3. The van der Waals surface area contributed by atoms with Gasteiger partial charge in [0.1, 0.15) is 5.82 Å². The molecule has 0 aliphatic carbocycles. The maximum atomic E-state index is 8.98. The number of aryl methyl sites for hydroxylation is 1. The Labute approximate surface area is 140 Å². The molecule has 2 aromatic heterocycles. The third-order valence-electron chi connectivity index (χ3n) is 3.27. The molecule has 6 heteroatoms. The number of nitrogens with zero attached hydrogens (tertiary/aromatic N) is 4. The van der Waals surface area contributed by atoms with Crippen LogP contribution in [0.5, 0.6) is 0 Å². The first-order valence-corrected chi connectivity index (χ1v) is 7.49. The summed E-state index contributed by atoms with van der Waals surface area (Å²) in [5.74, 6) is 1.20. The van der Waals surface area contributed by atoms with Crippen LogP contribution in [0.4, 0.5) is 17.5 Å². The quantitative estimate of drug-likeness (QED) is 0.750. The van der Waals surface area contributed by atoms with Crippen molar-refractivity contribution >= 4 is 17.5 Å². The zero-order valence-corrected chi connectivity index (χ0v) is 13.2. The lowest BCUT2D eigenvalue weighted by Gasteiger charge is -2.10. The zero-order chi connectivity index (χ0) is 16.8. The predicted molar refractivity (Wildman–Crippen MR) is 92.8 cm³/mol. The molecule has 24 heavy (non-hydrogen) atoms. The van der Waals surface area contributed by atoms with Crippen LogP contribution in [-0.4, -0.2) is 15.0 Å². The van der Waals surface area contributed by atoms with Crippen LogP contribution < -0.4 is 10.6 Å². The number of hydrogen-bond acceptors (Lipinski definition) is 6. The Bertz CT molecular complexity index is 870. The Balaban J connectivity index is 1.75. The summed E-state index contributed by atoms with van der Waals surface area (Å²) in [6.45, 7) is 2.46. The number of pyridine rings is 1. The highest BCUT2D eigenvalue weighted by Gasteiger charge is 2.04. The second-order valence-electron chi connectivity index (χ2n) is 5.21. The summed E-state index contributed by atoms with van der Waals surface area (Å²) in [5, 5.41) is 15.3. The van der Waals surface area contributed by atoms with Gasteiger partial charge in [0.25, 0.3) is 0 Å². The third kappa shape index (κ3) is 4.05. The Morgan fingerprint density at radius 1 is 1.08 bits per heavy atom. The van der Waals surface area contributed by atoms with Crippen LogP contribution >= 0.6 is 0 Å². The molecule has 0 radical (unpaired) electrons. The van der Waals surface area contributed by atoms with E-state index in [0.717, 1.165) is 17.1 Å². The monoisotopic (exact) mass is 316 g/mol. The normalized spacial score (nSPS) is 10.0. The molecule has 0 unspecified atom stereocenters. The standard InChI is InChI=1S/C18H16N6/c1-13-9-17(23-15-7-4-5-14(10-15)11-19)24-18(22-13)21-12-16-6-2-3-8-20-16/h2-10H,12H2,1H3,(H2,21,22,23,24). The van der Waals surface area contributed by atoms with Crippen molar-refractivity contribution in [3.63, 3.8) is 0 Å². The van der Waals surface area contributed by atoms with Crippen LogP contribution in [0.15, 0.2) is 54.7 Å². The van der Waals surface area contributed by atoms with E-state index in [4.69, 9.17) is 5.26 Å². The molecule has 2 N–H and O–H groups in total. The topological polar surface area (TPSA) is 86.5 Å². The van der Waals surface area contributed by atoms with Gasteiger partial charge in [0.2, 0.25) is 5.95 Å². The lowest BCUT2D eigenvalue weighted by atomic mass is 10.2.